The van der Waals surface area contributed by atoms with Crippen molar-refractivity contribution in [2.24, 2.45) is 0 Å². The first-order chi connectivity index (χ1) is 34.6. The van der Waals surface area contributed by atoms with Gasteiger partial charge in [-0.15, -0.1) is 0 Å². The van der Waals surface area contributed by atoms with Gasteiger partial charge in [0.2, 0.25) is 0 Å². The molecule has 1 atom stereocenters. The molecule has 5 heteroatoms. The molecule has 0 aromatic heterocycles. The lowest BCUT2D eigenvalue weighted by molar-refractivity contribution is -0.163. The van der Waals surface area contributed by atoms with Crippen LogP contribution in [0.5, 0.6) is 0 Å². The van der Waals surface area contributed by atoms with Gasteiger partial charge in [0.1, 0.15) is 6.61 Å². The van der Waals surface area contributed by atoms with E-state index >= 15 is 0 Å². The number of esters is 2. The van der Waals surface area contributed by atoms with Crippen LogP contribution in [0.4, 0.5) is 0 Å². The van der Waals surface area contributed by atoms with E-state index < -0.39 is 6.10 Å². The first-order valence-electron chi connectivity index (χ1n) is 31.2. The van der Waals surface area contributed by atoms with Gasteiger partial charge in [-0.1, -0.05) is 262 Å². The fraction of sp³-hybridized carbons (Fsp3) is 0.846. The number of unbranched alkanes of at least 4 members (excludes halogenated alkanes) is 39. The predicted octanol–water partition coefficient (Wildman–Crippen LogP) is 21.5. The third-order valence-electron chi connectivity index (χ3n) is 13.8. The summed E-state index contributed by atoms with van der Waals surface area (Å²) < 4.78 is 17.5. The van der Waals surface area contributed by atoms with E-state index in [1.807, 2.05) is 0 Å². The van der Waals surface area contributed by atoms with Crippen LogP contribution in [0.3, 0.4) is 0 Å². The van der Waals surface area contributed by atoms with Gasteiger partial charge in [0.25, 0.3) is 0 Å². The SMILES string of the molecule is CCCCC/C=C\C/C=C\CCCCCCCCCCCC(=O)OCC(COCCCCCCCCCCCC/C=C\CCCCCCCC)OC(=O)CCCCCCC/C=C\CCCCCCCC. The number of rotatable bonds is 58. The number of hydrogen-bond acceptors (Lipinski definition) is 5. The van der Waals surface area contributed by atoms with E-state index in [0.717, 1.165) is 57.8 Å². The summed E-state index contributed by atoms with van der Waals surface area (Å²) in [6.45, 7) is 7.84. The van der Waals surface area contributed by atoms with E-state index in [1.165, 1.54) is 238 Å². The lowest BCUT2D eigenvalue weighted by Gasteiger charge is -2.18. The molecule has 1 unspecified atom stereocenters. The minimum atomic E-state index is -0.543. The van der Waals surface area contributed by atoms with Crippen molar-refractivity contribution in [2.45, 2.75) is 335 Å². The van der Waals surface area contributed by atoms with Crippen LogP contribution in [0.1, 0.15) is 329 Å². The van der Waals surface area contributed by atoms with Gasteiger partial charge >= 0.3 is 11.9 Å². The van der Waals surface area contributed by atoms with Crippen LogP contribution in [0.2, 0.25) is 0 Å². The van der Waals surface area contributed by atoms with Crippen molar-refractivity contribution in [2.75, 3.05) is 19.8 Å². The van der Waals surface area contributed by atoms with E-state index in [-0.39, 0.29) is 25.2 Å². The fourth-order valence-electron chi connectivity index (χ4n) is 9.12. The Morgan fingerprint density at radius 1 is 0.314 bits per heavy atom. The number of carbonyl (C=O) groups excluding carboxylic acids is 2. The number of hydrogen-bond donors (Lipinski definition) is 0. The van der Waals surface area contributed by atoms with Gasteiger partial charge in [-0.05, 0) is 103 Å². The van der Waals surface area contributed by atoms with Crippen molar-refractivity contribution in [1.82, 2.24) is 0 Å². The summed E-state index contributed by atoms with van der Waals surface area (Å²) in [6, 6.07) is 0. The van der Waals surface area contributed by atoms with Crippen molar-refractivity contribution < 1.29 is 23.8 Å². The molecule has 0 aromatic rings. The molecule has 410 valence electrons. The predicted molar refractivity (Wildman–Crippen MR) is 307 cm³/mol. The topological polar surface area (TPSA) is 61.8 Å². The smallest absolute Gasteiger partial charge is 0.306 e. The summed E-state index contributed by atoms with van der Waals surface area (Å²) in [7, 11) is 0. The van der Waals surface area contributed by atoms with E-state index in [9.17, 15) is 9.59 Å². The fourth-order valence-corrected chi connectivity index (χ4v) is 9.12. The largest absolute Gasteiger partial charge is 0.462 e. The molecule has 0 aliphatic heterocycles. The molecule has 0 saturated carbocycles. The maximum Gasteiger partial charge on any atom is 0.306 e. The maximum atomic E-state index is 12.9. The van der Waals surface area contributed by atoms with Gasteiger partial charge in [-0.3, -0.25) is 9.59 Å². The summed E-state index contributed by atoms with van der Waals surface area (Å²) in [5, 5.41) is 0. The van der Waals surface area contributed by atoms with Crippen molar-refractivity contribution in [3.63, 3.8) is 0 Å². The third kappa shape index (κ3) is 58.4. The molecular formula is C65H120O5. The Morgan fingerprint density at radius 2 is 0.600 bits per heavy atom. The molecular weight excluding hydrogens is 861 g/mol. The van der Waals surface area contributed by atoms with Crippen LogP contribution in [0.25, 0.3) is 0 Å². The Kier molecular flexibility index (Phi) is 59.3. The molecule has 0 N–H and O–H groups in total. The third-order valence-corrected chi connectivity index (χ3v) is 13.8. The van der Waals surface area contributed by atoms with E-state index in [4.69, 9.17) is 14.2 Å². The quantitative estimate of drug-likeness (QED) is 0.0345. The summed E-state index contributed by atoms with van der Waals surface area (Å²) in [5.41, 5.74) is 0. The second-order valence-corrected chi connectivity index (χ2v) is 21.0. The van der Waals surface area contributed by atoms with Gasteiger partial charge in [0, 0.05) is 19.4 Å². The monoisotopic (exact) mass is 981 g/mol. The van der Waals surface area contributed by atoms with Gasteiger partial charge < -0.3 is 14.2 Å². The first kappa shape index (κ1) is 67.9. The molecule has 0 aliphatic carbocycles. The van der Waals surface area contributed by atoms with E-state index in [1.54, 1.807) is 0 Å². The molecule has 0 aromatic carbocycles. The van der Waals surface area contributed by atoms with Gasteiger partial charge in [0.15, 0.2) is 6.10 Å². The second kappa shape index (κ2) is 61.2. The van der Waals surface area contributed by atoms with Crippen LogP contribution < -0.4 is 0 Å². The maximum absolute atomic E-state index is 12.9. The Balaban J connectivity index is 4.24. The van der Waals surface area contributed by atoms with Gasteiger partial charge in [-0.25, -0.2) is 0 Å². The van der Waals surface area contributed by atoms with Crippen LogP contribution in [0.15, 0.2) is 48.6 Å². The van der Waals surface area contributed by atoms with Crippen LogP contribution in [0, 0.1) is 0 Å². The Labute approximate surface area is 437 Å². The zero-order valence-corrected chi connectivity index (χ0v) is 47.3. The van der Waals surface area contributed by atoms with Crippen molar-refractivity contribution in [1.29, 1.82) is 0 Å². The summed E-state index contributed by atoms with van der Waals surface area (Å²) in [5.74, 6) is -0.396. The second-order valence-electron chi connectivity index (χ2n) is 21.0. The standard InChI is InChI=1S/C65H120O5/c1-4-7-10-13-16-19-22-25-28-30-32-34-36-39-42-45-48-51-54-57-60-68-61-63(70-65(67)59-56-53-50-47-44-41-37-27-24-21-18-15-12-9-6-3)62-69-64(66)58-55-52-49-46-43-40-38-35-33-31-29-26-23-20-17-14-11-8-5-2/h17,20,25-29,37,63H,4-16,18-19,21-24,30-36,38-62H2,1-3H3/b20-17-,28-25-,29-26-,37-27-. The van der Waals surface area contributed by atoms with Crippen molar-refractivity contribution in [3.8, 4) is 0 Å². The summed E-state index contributed by atoms with van der Waals surface area (Å²) in [6.07, 6.45) is 77.1. The van der Waals surface area contributed by atoms with E-state index in [0.29, 0.717) is 19.4 Å². The van der Waals surface area contributed by atoms with Crippen LogP contribution in [-0.4, -0.2) is 37.9 Å². The highest BCUT2D eigenvalue weighted by Crippen LogP contribution is 2.16. The zero-order valence-electron chi connectivity index (χ0n) is 47.3. The summed E-state index contributed by atoms with van der Waals surface area (Å²) >= 11 is 0. The highest BCUT2D eigenvalue weighted by Gasteiger charge is 2.17. The highest BCUT2D eigenvalue weighted by atomic mass is 16.6. The molecule has 0 fully saturated rings. The normalized spacial score (nSPS) is 12.4. The molecule has 0 heterocycles. The van der Waals surface area contributed by atoms with Crippen LogP contribution in [-0.2, 0) is 23.8 Å². The average molecular weight is 982 g/mol. The van der Waals surface area contributed by atoms with Crippen molar-refractivity contribution >= 4 is 11.9 Å². The zero-order chi connectivity index (χ0) is 50.6. The highest BCUT2D eigenvalue weighted by molar-refractivity contribution is 5.70. The number of allylic oxidation sites excluding steroid dienone is 8. The van der Waals surface area contributed by atoms with Gasteiger partial charge in [-0.2, -0.15) is 0 Å². The Morgan fingerprint density at radius 3 is 0.986 bits per heavy atom. The molecule has 5 nitrogen and oxygen atoms in total. The van der Waals surface area contributed by atoms with Crippen LogP contribution >= 0.6 is 0 Å². The molecule has 0 saturated heterocycles. The molecule has 0 radical (unpaired) electrons. The molecule has 0 rings (SSSR count). The molecule has 0 aliphatic rings. The van der Waals surface area contributed by atoms with Crippen molar-refractivity contribution in [3.05, 3.63) is 48.6 Å². The minimum Gasteiger partial charge on any atom is -0.462 e. The molecule has 0 amide bonds. The van der Waals surface area contributed by atoms with Gasteiger partial charge in [0.05, 0.1) is 6.61 Å². The molecule has 0 spiro atoms. The Hall–Kier alpha value is -2.14. The number of carbonyl (C=O) groups is 2. The lowest BCUT2D eigenvalue weighted by atomic mass is 10.1. The average Bonchev–Trinajstić information content (AvgIpc) is 3.36. The number of ether oxygens (including phenoxy) is 3. The molecule has 70 heavy (non-hydrogen) atoms. The van der Waals surface area contributed by atoms with E-state index in [2.05, 4.69) is 69.4 Å². The minimum absolute atomic E-state index is 0.0822. The first-order valence-corrected chi connectivity index (χ1v) is 31.2. The summed E-state index contributed by atoms with van der Waals surface area (Å²) in [4.78, 5) is 25.6. The molecule has 0 bridgehead atoms. The Bertz CT molecular complexity index is 1150. The lowest BCUT2D eigenvalue weighted by Crippen LogP contribution is -2.30.